The highest BCUT2D eigenvalue weighted by atomic mass is 19.3. The van der Waals surface area contributed by atoms with E-state index in [0.717, 1.165) is 0 Å². The lowest BCUT2D eigenvalue weighted by molar-refractivity contribution is -0.136. The Hall–Kier alpha value is -1.56. The van der Waals surface area contributed by atoms with Gasteiger partial charge in [0.25, 0.3) is 6.43 Å². The molecule has 3 N–H and O–H groups in total. The summed E-state index contributed by atoms with van der Waals surface area (Å²) in [6.45, 7) is 1.58. The van der Waals surface area contributed by atoms with Crippen LogP contribution in [0.3, 0.4) is 0 Å². The zero-order valence-corrected chi connectivity index (χ0v) is 8.70. The molecule has 1 aromatic rings. The molecule has 0 saturated carbocycles. The molecular formula is C10H12F2N2O2. The number of carbonyl (C=O) groups is 1. The molecule has 1 rings (SSSR count). The van der Waals surface area contributed by atoms with Crippen LogP contribution in [0.5, 0.6) is 0 Å². The van der Waals surface area contributed by atoms with Crippen LogP contribution in [-0.4, -0.2) is 16.1 Å². The van der Waals surface area contributed by atoms with E-state index in [1.165, 1.54) is 6.07 Å². The Balaban J connectivity index is 3.21. The number of alkyl halides is 2. The average Bonchev–Trinajstić information content (AvgIpc) is 2.19. The molecule has 1 heterocycles. The van der Waals surface area contributed by atoms with E-state index in [1.807, 2.05) is 0 Å². The second-order valence-corrected chi connectivity index (χ2v) is 3.37. The van der Waals surface area contributed by atoms with Crippen molar-refractivity contribution in [3.05, 3.63) is 28.6 Å². The van der Waals surface area contributed by atoms with E-state index in [1.54, 1.807) is 6.92 Å². The summed E-state index contributed by atoms with van der Waals surface area (Å²) in [7, 11) is 0. The van der Waals surface area contributed by atoms with Crippen LogP contribution in [0.2, 0.25) is 0 Å². The highest BCUT2D eigenvalue weighted by molar-refractivity contribution is 5.70. The molecule has 88 valence electrons. The Kier molecular flexibility index (Phi) is 3.89. The number of pyridine rings is 1. The van der Waals surface area contributed by atoms with Crippen LogP contribution in [0, 0.1) is 6.92 Å². The summed E-state index contributed by atoms with van der Waals surface area (Å²) in [6.07, 6.45) is -3.11. The molecule has 0 radical (unpaired) electrons. The lowest BCUT2D eigenvalue weighted by atomic mass is 10.1. The van der Waals surface area contributed by atoms with Crippen molar-refractivity contribution in [1.82, 2.24) is 4.98 Å². The van der Waals surface area contributed by atoms with Gasteiger partial charge in [-0.05, 0) is 18.1 Å². The Morgan fingerprint density at radius 1 is 1.62 bits per heavy atom. The molecule has 0 amide bonds. The summed E-state index contributed by atoms with van der Waals surface area (Å²) in [4.78, 5) is 14.2. The molecule has 16 heavy (non-hydrogen) atoms. The van der Waals surface area contributed by atoms with Crippen molar-refractivity contribution >= 4 is 5.97 Å². The van der Waals surface area contributed by atoms with Crippen LogP contribution in [0.4, 0.5) is 8.78 Å². The predicted octanol–water partition coefficient (Wildman–Crippen LogP) is 1.41. The van der Waals surface area contributed by atoms with Crippen molar-refractivity contribution in [2.75, 3.05) is 0 Å². The van der Waals surface area contributed by atoms with Gasteiger partial charge in [0.1, 0.15) is 5.69 Å². The molecule has 0 aromatic carbocycles. The Morgan fingerprint density at radius 2 is 2.25 bits per heavy atom. The van der Waals surface area contributed by atoms with Gasteiger partial charge in [-0.1, -0.05) is 6.07 Å². The number of hydrogen-bond donors (Lipinski definition) is 2. The molecule has 1 aromatic heterocycles. The summed E-state index contributed by atoms with van der Waals surface area (Å²) >= 11 is 0. The minimum atomic E-state index is -2.74. The summed E-state index contributed by atoms with van der Waals surface area (Å²) in [5.41, 5.74) is 5.86. The topological polar surface area (TPSA) is 76.2 Å². The van der Waals surface area contributed by atoms with Crippen molar-refractivity contribution in [2.45, 2.75) is 26.3 Å². The van der Waals surface area contributed by atoms with Crippen molar-refractivity contribution < 1.29 is 18.7 Å². The number of carboxylic acid groups (broad SMARTS) is 1. The summed E-state index contributed by atoms with van der Waals surface area (Å²) in [5, 5.41) is 8.60. The van der Waals surface area contributed by atoms with Crippen molar-refractivity contribution in [3.63, 3.8) is 0 Å². The van der Waals surface area contributed by atoms with Gasteiger partial charge in [-0.3, -0.25) is 9.78 Å². The van der Waals surface area contributed by atoms with E-state index in [4.69, 9.17) is 10.8 Å². The van der Waals surface area contributed by atoms with Gasteiger partial charge in [-0.15, -0.1) is 0 Å². The number of hydrogen-bond acceptors (Lipinski definition) is 3. The minimum absolute atomic E-state index is 0.0408. The van der Waals surface area contributed by atoms with Crippen LogP contribution in [-0.2, 0) is 17.8 Å². The minimum Gasteiger partial charge on any atom is -0.481 e. The molecule has 0 unspecified atom stereocenters. The van der Waals surface area contributed by atoms with Gasteiger partial charge in [0.15, 0.2) is 0 Å². The first kappa shape index (κ1) is 12.5. The molecular weight excluding hydrogens is 218 g/mol. The second-order valence-electron chi connectivity index (χ2n) is 3.37. The molecule has 0 atom stereocenters. The van der Waals surface area contributed by atoms with Crippen molar-refractivity contribution in [1.29, 1.82) is 0 Å². The van der Waals surface area contributed by atoms with E-state index < -0.39 is 18.1 Å². The molecule has 6 heteroatoms. The number of carboxylic acids is 1. The Morgan fingerprint density at radius 3 is 2.69 bits per heavy atom. The monoisotopic (exact) mass is 230 g/mol. The first-order valence-electron chi connectivity index (χ1n) is 4.65. The predicted molar refractivity (Wildman–Crippen MR) is 53.2 cm³/mol. The van der Waals surface area contributed by atoms with E-state index in [-0.39, 0.29) is 24.2 Å². The number of aryl methyl sites for hydroxylation is 1. The largest absolute Gasteiger partial charge is 0.481 e. The van der Waals surface area contributed by atoms with Gasteiger partial charge in [0.2, 0.25) is 0 Å². The van der Waals surface area contributed by atoms with E-state index >= 15 is 0 Å². The standard InChI is InChI=1S/C10H12F2N2O2/c1-5-2-6(4-13)9(10(11)12)14-7(5)3-8(15)16/h2,10H,3-4,13H2,1H3,(H,15,16). The first-order valence-corrected chi connectivity index (χ1v) is 4.65. The van der Waals surface area contributed by atoms with Gasteiger partial charge in [-0.25, -0.2) is 8.78 Å². The van der Waals surface area contributed by atoms with Crippen molar-refractivity contribution in [2.24, 2.45) is 5.73 Å². The fraction of sp³-hybridized carbons (Fsp3) is 0.400. The Labute approximate surface area is 91.1 Å². The number of halogens is 2. The maximum atomic E-state index is 12.6. The highest BCUT2D eigenvalue weighted by Crippen LogP contribution is 2.23. The van der Waals surface area contributed by atoms with Gasteiger partial charge >= 0.3 is 5.97 Å². The second kappa shape index (κ2) is 4.98. The van der Waals surface area contributed by atoms with Gasteiger partial charge in [0, 0.05) is 6.54 Å². The number of aromatic nitrogens is 1. The fourth-order valence-electron chi connectivity index (χ4n) is 1.40. The lowest BCUT2D eigenvalue weighted by Crippen LogP contribution is -2.11. The molecule has 0 aliphatic carbocycles. The number of nitrogens with two attached hydrogens (primary N) is 1. The maximum absolute atomic E-state index is 12.6. The molecule has 0 aliphatic rings. The smallest absolute Gasteiger partial charge is 0.309 e. The first-order chi connectivity index (χ1) is 7.45. The summed E-state index contributed by atoms with van der Waals surface area (Å²) in [5.74, 6) is -1.10. The van der Waals surface area contributed by atoms with Crippen LogP contribution >= 0.6 is 0 Å². The summed E-state index contributed by atoms with van der Waals surface area (Å²) in [6, 6.07) is 1.47. The van der Waals surface area contributed by atoms with E-state index in [0.29, 0.717) is 5.56 Å². The van der Waals surface area contributed by atoms with E-state index in [9.17, 15) is 13.6 Å². The highest BCUT2D eigenvalue weighted by Gasteiger charge is 2.17. The third kappa shape index (κ3) is 2.73. The molecule has 0 saturated heterocycles. The van der Waals surface area contributed by atoms with Crippen LogP contribution in [0.15, 0.2) is 6.07 Å². The zero-order valence-electron chi connectivity index (χ0n) is 8.70. The maximum Gasteiger partial charge on any atom is 0.309 e. The number of rotatable bonds is 4. The number of aliphatic carboxylic acids is 1. The van der Waals surface area contributed by atoms with Gasteiger partial charge in [-0.2, -0.15) is 0 Å². The van der Waals surface area contributed by atoms with Gasteiger partial charge in [0.05, 0.1) is 12.1 Å². The SMILES string of the molecule is Cc1cc(CN)c(C(F)F)nc1CC(=O)O. The molecule has 0 aliphatic heterocycles. The molecule has 4 nitrogen and oxygen atoms in total. The summed E-state index contributed by atoms with van der Waals surface area (Å²) < 4.78 is 25.2. The molecule has 0 spiro atoms. The molecule has 0 bridgehead atoms. The van der Waals surface area contributed by atoms with Gasteiger partial charge < -0.3 is 10.8 Å². The van der Waals surface area contributed by atoms with Crippen LogP contribution in [0.1, 0.15) is 28.9 Å². The normalized spacial score (nSPS) is 10.8. The average molecular weight is 230 g/mol. The lowest BCUT2D eigenvalue weighted by Gasteiger charge is -2.10. The fourth-order valence-corrected chi connectivity index (χ4v) is 1.40. The number of nitrogens with zero attached hydrogens (tertiary/aromatic N) is 1. The quantitative estimate of drug-likeness (QED) is 0.820. The molecule has 0 fully saturated rings. The van der Waals surface area contributed by atoms with Crippen molar-refractivity contribution in [3.8, 4) is 0 Å². The third-order valence-corrected chi connectivity index (χ3v) is 2.18. The zero-order chi connectivity index (χ0) is 12.3. The third-order valence-electron chi connectivity index (χ3n) is 2.18. The van der Waals surface area contributed by atoms with Crippen LogP contribution < -0.4 is 5.73 Å². The Bertz CT molecular complexity index is 408. The van der Waals surface area contributed by atoms with E-state index in [2.05, 4.69) is 4.98 Å². The van der Waals surface area contributed by atoms with Crippen LogP contribution in [0.25, 0.3) is 0 Å².